The first-order valence-electron chi connectivity index (χ1n) is 4.84. The molecule has 0 amide bonds. The lowest BCUT2D eigenvalue weighted by Gasteiger charge is -2.00. The summed E-state index contributed by atoms with van der Waals surface area (Å²) in [5, 5.41) is 3.36. The quantitative estimate of drug-likeness (QED) is 0.865. The number of H-pyrrole nitrogens is 1. The van der Waals surface area contributed by atoms with Gasteiger partial charge in [0, 0.05) is 24.0 Å². The minimum atomic E-state index is -0.351. The number of aromatic amines is 1. The molecule has 0 aliphatic carbocycles. The van der Waals surface area contributed by atoms with Crippen LogP contribution in [0, 0.1) is 5.82 Å². The molecule has 3 nitrogen and oxygen atoms in total. The number of nitrogens with zero attached hydrogens (tertiary/aromatic N) is 1. The van der Waals surface area contributed by atoms with Gasteiger partial charge in [0.1, 0.15) is 11.6 Å². The summed E-state index contributed by atoms with van der Waals surface area (Å²) < 4.78 is 12.9. The first kappa shape index (κ1) is 11.1. The van der Waals surface area contributed by atoms with Crippen LogP contribution in [0.5, 0.6) is 0 Å². The summed E-state index contributed by atoms with van der Waals surface area (Å²) in [6.07, 6.45) is 1.73. The first-order chi connectivity index (χ1) is 7.70. The molecule has 2 rings (SSSR count). The van der Waals surface area contributed by atoms with Crippen molar-refractivity contribution in [1.82, 2.24) is 15.3 Å². The first-order valence-corrected chi connectivity index (χ1v) is 5.22. The maximum Gasteiger partial charge on any atom is 0.139 e. The Morgan fingerprint density at radius 3 is 3.00 bits per heavy atom. The zero-order chi connectivity index (χ0) is 11.5. The third-order valence-electron chi connectivity index (χ3n) is 2.18. The van der Waals surface area contributed by atoms with Crippen molar-refractivity contribution in [3.63, 3.8) is 0 Å². The van der Waals surface area contributed by atoms with Crippen molar-refractivity contribution in [2.75, 3.05) is 7.05 Å². The monoisotopic (exact) mass is 239 g/mol. The summed E-state index contributed by atoms with van der Waals surface area (Å²) in [4.78, 5) is 7.30. The Labute approximate surface area is 97.7 Å². The van der Waals surface area contributed by atoms with Gasteiger partial charge in [0.2, 0.25) is 0 Å². The van der Waals surface area contributed by atoms with Crippen LogP contribution in [0.1, 0.15) is 5.69 Å². The van der Waals surface area contributed by atoms with Crippen LogP contribution in [0.3, 0.4) is 0 Å². The highest BCUT2D eigenvalue weighted by Crippen LogP contribution is 2.26. The number of aromatic nitrogens is 2. The van der Waals surface area contributed by atoms with Gasteiger partial charge in [-0.05, 0) is 25.2 Å². The van der Waals surface area contributed by atoms with Gasteiger partial charge in [-0.2, -0.15) is 0 Å². The number of rotatable bonds is 3. The van der Waals surface area contributed by atoms with Crippen molar-refractivity contribution in [1.29, 1.82) is 0 Å². The molecule has 0 aliphatic rings. The molecule has 0 aliphatic heterocycles. The standard InChI is InChI=1S/C11H11ClFN3/c1-14-5-8-6-15-11(16-8)9-3-2-7(13)4-10(9)12/h2-4,6,14H,5H2,1H3,(H,15,16). The number of nitrogens with one attached hydrogen (secondary N) is 2. The van der Waals surface area contributed by atoms with Gasteiger partial charge in [0.25, 0.3) is 0 Å². The van der Waals surface area contributed by atoms with Crippen LogP contribution in [0.4, 0.5) is 4.39 Å². The maximum atomic E-state index is 12.9. The summed E-state index contributed by atoms with van der Waals surface area (Å²) >= 11 is 5.93. The van der Waals surface area contributed by atoms with E-state index in [4.69, 9.17) is 11.6 Å². The van der Waals surface area contributed by atoms with Crippen LogP contribution in [-0.2, 0) is 6.54 Å². The Morgan fingerprint density at radius 2 is 2.31 bits per heavy atom. The zero-order valence-corrected chi connectivity index (χ0v) is 9.48. The molecule has 1 heterocycles. The zero-order valence-electron chi connectivity index (χ0n) is 8.72. The normalized spacial score (nSPS) is 10.7. The molecular weight excluding hydrogens is 229 g/mol. The molecule has 16 heavy (non-hydrogen) atoms. The fraction of sp³-hybridized carbons (Fsp3) is 0.182. The van der Waals surface area contributed by atoms with Gasteiger partial charge < -0.3 is 10.3 Å². The van der Waals surface area contributed by atoms with Crippen LogP contribution in [0.15, 0.2) is 24.4 Å². The molecule has 1 aromatic carbocycles. The molecule has 0 saturated carbocycles. The van der Waals surface area contributed by atoms with Crippen molar-refractivity contribution in [3.05, 3.63) is 40.9 Å². The van der Waals surface area contributed by atoms with Crippen molar-refractivity contribution in [3.8, 4) is 11.4 Å². The van der Waals surface area contributed by atoms with E-state index >= 15 is 0 Å². The Kier molecular flexibility index (Phi) is 3.22. The average molecular weight is 240 g/mol. The Morgan fingerprint density at radius 1 is 1.50 bits per heavy atom. The predicted molar refractivity (Wildman–Crippen MR) is 61.8 cm³/mol. The van der Waals surface area contributed by atoms with Crippen molar-refractivity contribution in [2.24, 2.45) is 0 Å². The lowest BCUT2D eigenvalue weighted by Crippen LogP contribution is -2.04. The molecule has 0 bridgehead atoms. The summed E-state index contributed by atoms with van der Waals surface area (Å²) in [5.74, 6) is 0.297. The largest absolute Gasteiger partial charge is 0.341 e. The fourth-order valence-electron chi connectivity index (χ4n) is 1.46. The van der Waals surface area contributed by atoms with Gasteiger partial charge in [-0.1, -0.05) is 11.6 Å². The van der Waals surface area contributed by atoms with Gasteiger partial charge in [-0.15, -0.1) is 0 Å². The molecule has 0 atom stereocenters. The van der Waals surface area contributed by atoms with Gasteiger partial charge in [0.05, 0.1) is 5.02 Å². The second kappa shape index (κ2) is 4.63. The van der Waals surface area contributed by atoms with Gasteiger partial charge >= 0.3 is 0 Å². The molecule has 0 radical (unpaired) electrons. The van der Waals surface area contributed by atoms with E-state index in [0.717, 1.165) is 5.69 Å². The average Bonchev–Trinajstić information content (AvgIpc) is 2.67. The number of hydrogen-bond donors (Lipinski definition) is 2. The third-order valence-corrected chi connectivity index (χ3v) is 2.49. The topological polar surface area (TPSA) is 40.7 Å². The molecule has 2 aromatic rings. The van der Waals surface area contributed by atoms with Crippen molar-refractivity contribution in [2.45, 2.75) is 6.54 Å². The smallest absolute Gasteiger partial charge is 0.139 e. The molecule has 2 N–H and O–H groups in total. The number of imidazole rings is 1. The highest BCUT2D eigenvalue weighted by Gasteiger charge is 2.08. The lowest BCUT2D eigenvalue weighted by atomic mass is 10.2. The Bertz CT molecular complexity index is 496. The SMILES string of the molecule is CNCc1cnc(-c2ccc(F)cc2Cl)[nH]1. The molecule has 0 saturated heterocycles. The van der Waals surface area contributed by atoms with E-state index in [9.17, 15) is 4.39 Å². The highest BCUT2D eigenvalue weighted by atomic mass is 35.5. The molecule has 0 spiro atoms. The fourth-order valence-corrected chi connectivity index (χ4v) is 1.71. The van der Waals surface area contributed by atoms with Crippen LogP contribution in [0.25, 0.3) is 11.4 Å². The van der Waals surface area contributed by atoms with E-state index in [1.807, 2.05) is 7.05 Å². The van der Waals surface area contributed by atoms with Crippen LogP contribution in [0.2, 0.25) is 5.02 Å². The molecule has 84 valence electrons. The Hall–Kier alpha value is -1.39. The molecule has 5 heteroatoms. The highest BCUT2D eigenvalue weighted by molar-refractivity contribution is 6.33. The Balaban J connectivity index is 2.35. The second-order valence-electron chi connectivity index (χ2n) is 3.41. The molecular formula is C11H11ClFN3. The van der Waals surface area contributed by atoms with Gasteiger partial charge in [0.15, 0.2) is 0 Å². The van der Waals surface area contributed by atoms with Crippen LogP contribution in [-0.4, -0.2) is 17.0 Å². The molecule has 1 aromatic heterocycles. The van der Waals surface area contributed by atoms with Crippen molar-refractivity contribution < 1.29 is 4.39 Å². The predicted octanol–water partition coefficient (Wildman–Crippen LogP) is 2.59. The summed E-state index contributed by atoms with van der Waals surface area (Å²) in [6, 6.07) is 4.25. The van der Waals surface area contributed by atoms with Crippen LogP contribution >= 0.6 is 11.6 Å². The maximum absolute atomic E-state index is 12.9. The minimum absolute atomic E-state index is 0.351. The second-order valence-corrected chi connectivity index (χ2v) is 3.82. The minimum Gasteiger partial charge on any atom is -0.341 e. The van der Waals surface area contributed by atoms with E-state index < -0.39 is 0 Å². The van der Waals surface area contributed by atoms with Crippen LogP contribution < -0.4 is 5.32 Å². The third kappa shape index (κ3) is 2.23. The van der Waals surface area contributed by atoms with Gasteiger partial charge in [-0.25, -0.2) is 9.37 Å². The summed E-state index contributed by atoms with van der Waals surface area (Å²) in [5.41, 5.74) is 1.66. The van der Waals surface area contributed by atoms with E-state index in [1.54, 1.807) is 12.3 Å². The molecule has 0 fully saturated rings. The number of halogens is 2. The lowest BCUT2D eigenvalue weighted by molar-refractivity contribution is 0.628. The van der Waals surface area contributed by atoms with E-state index in [1.165, 1.54) is 12.1 Å². The van der Waals surface area contributed by atoms with Crippen molar-refractivity contribution >= 4 is 11.6 Å². The summed E-state index contributed by atoms with van der Waals surface area (Å²) in [7, 11) is 1.85. The van der Waals surface area contributed by atoms with E-state index in [-0.39, 0.29) is 5.82 Å². The summed E-state index contributed by atoms with van der Waals surface area (Å²) in [6.45, 7) is 0.700. The van der Waals surface area contributed by atoms with E-state index in [2.05, 4.69) is 15.3 Å². The number of benzene rings is 1. The van der Waals surface area contributed by atoms with Gasteiger partial charge in [-0.3, -0.25) is 0 Å². The number of hydrogen-bond acceptors (Lipinski definition) is 2. The molecule has 0 unspecified atom stereocenters. The van der Waals surface area contributed by atoms with E-state index in [0.29, 0.717) is 23.0 Å².